The molecule has 0 unspecified atom stereocenters. The average Bonchev–Trinajstić information content (AvgIpc) is 2.85. The Morgan fingerprint density at radius 2 is 2.00 bits per heavy atom. The van der Waals surface area contributed by atoms with Crippen molar-refractivity contribution in [1.82, 2.24) is 4.98 Å². The van der Waals surface area contributed by atoms with Crippen molar-refractivity contribution >= 4 is 22.3 Å². The number of nitrogens with zero attached hydrogens (tertiary/aromatic N) is 2. The Kier molecular flexibility index (Phi) is 4.97. The van der Waals surface area contributed by atoms with Crippen molar-refractivity contribution in [2.45, 2.75) is 52.9 Å². The van der Waals surface area contributed by atoms with Gasteiger partial charge in [-0.3, -0.25) is 4.79 Å². The van der Waals surface area contributed by atoms with E-state index in [1.54, 1.807) is 11.3 Å². The van der Waals surface area contributed by atoms with Gasteiger partial charge >= 0.3 is 0 Å². The van der Waals surface area contributed by atoms with E-state index >= 15 is 0 Å². The van der Waals surface area contributed by atoms with Crippen LogP contribution in [-0.4, -0.2) is 23.9 Å². The van der Waals surface area contributed by atoms with E-state index in [4.69, 9.17) is 4.98 Å². The minimum absolute atomic E-state index is 0.295. The van der Waals surface area contributed by atoms with Gasteiger partial charge in [0.05, 0.1) is 10.6 Å². The summed E-state index contributed by atoms with van der Waals surface area (Å²) >= 11 is 1.60. The lowest BCUT2D eigenvalue weighted by Crippen LogP contribution is -2.28. The van der Waals surface area contributed by atoms with Crippen LogP contribution in [-0.2, 0) is 6.42 Å². The summed E-state index contributed by atoms with van der Waals surface area (Å²) in [5.41, 5.74) is 1.04. The van der Waals surface area contributed by atoms with Crippen molar-refractivity contribution in [3.8, 4) is 0 Å². The maximum Gasteiger partial charge on any atom is 0.186 e. The van der Waals surface area contributed by atoms with Crippen LogP contribution in [0.4, 0.5) is 5.13 Å². The summed E-state index contributed by atoms with van der Waals surface area (Å²) < 4.78 is 0. The highest BCUT2D eigenvalue weighted by Crippen LogP contribution is 2.32. The van der Waals surface area contributed by atoms with Crippen molar-refractivity contribution in [3.05, 3.63) is 10.6 Å². The van der Waals surface area contributed by atoms with Gasteiger partial charge in [0.2, 0.25) is 0 Å². The van der Waals surface area contributed by atoms with Gasteiger partial charge < -0.3 is 4.90 Å². The van der Waals surface area contributed by atoms with Gasteiger partial charge in [-0.25, -0.2) is 4.98 Å². The molecule has 0 aromatic carbocycles. The van der Waals surface area contributed by atoms with Gasteiger partial charge in [0.25, 0.3) is 0 Å². The lowest BCUT2D eigenvalue weighted by Gasteiger charge is -2.24. The molecule has 1 aromatic heterocycles. The highest BCUT2D eigenvalue weighted by atomic mass is 32.1. The number of carbonyl (C=O) groups is 1. The van der Waals surface area contributed by atoms with Crippen molar-refractivity contribution < 1.29 is 4.79 Å². The molecule has 0 saturated heterocycles. The first-order valence-corrected chi connectivity index (χ1v) is 8.29. The average molecular weight is 280 g/mol. The van der Waals surface area contributed by atoms with Crippen LogP contribution in [0.2, 0.25) is 0 Å². The van der Waals surface area contributed by atoms with Gasteiger partial charge in [0.1, 0.15) is 0 Å². The molecule has 0 amide bonds. The Hall–Kier alpha value is -0.900. The fourth-order valence-electron chi connectivity index (χ4n) is 2.59. The molecule has 0 N–H and O–H groups in total. The third-order valence-corrected chi connectivity index (χ3v) is 5.24. The second kappa shape index (κ2) is 6.51. The number of ketones is 1. The van der Waals surface area contributed by atoms with Gasteiger partial charge in [0, 0.05) is 19.5 Å². The van der Waals surface area contributed by atoms with E-state index in [-0.39, 0.29) is 0 Å². The van der Waals surface area contributed by atoms with E-state index in [0.717, 1.165) is 47.6 Å². The number of Topliss-reactive ketones (excluding diaryl/α,β-unsaturated/α-hetero) is 1. The Morgan fingerprint density at radius 1 is 1.26 bits per heavy atom. The summed E-state index contributed by atoms with van der Waals surface area (Å²) in [6, 6.07) is 0. The van der Waals surface area contributed by atoms with Gasteiger partial charge in [-0.2, -0.15) is 0 Å². The molecular formula is C15H24N2OS. The van der Waals surface area contributed by atoms with Crippen molar-refractivity contribution in [2.24, 2.45) is 5.92 Å². The van der Waals surface area contributed by atoms with Crippen LogP contribution in [0, 0.1) is 5.92 Å². The van der Waals surface area contributed by atoms with E-state index in [0.29, 0.717) is 12.2 Å². The molecule has 1 aromatic rings. The zero-order chi connectivity index (χ0) is 13.8. The lowest BCUT2D eigenvalue weighted by molar-refractivity contribution is 0.0976. The molecule has 4 heteroatoms. The third kappa shape index (κ3) is 3.16. The lowest BCUT2D eigenvalue weighted by atomic mass is 10.0. The molecule has 0 saturated carbocycles. The predicted octanol–water partition coefficient (Wildman–Crippen LogP) is 3.92. The predicted molar refractivity (Wildman–Crippen MR) is 81.3 cm³/mol. The molecule has 106 valence electrons. The molecule has 3 nitrogen and oxygen atoms in total. The fourth-order valence-corrected chi connectivity index (χ4v) is 3.75. The molecule has 0 atom stereocenters. The van der Waals surface area contributed by atoms with Crippen molar-refractivity contribution in [3.63, 3.8) is 0 Å². The van der Waals surface area contributed by atoms with E-state index in [2.05, 4.69) is 25.7 Å². The smallest absolute Gasteiger partial charge is 0.186 e. The zero-order valence-corrected chi connectivity index (χ0v) is 13.1. The maximum absolute atomic E-state index is 11.9. The fraction of sp³-hybridized carbons (Fsp3) is 0.733. The number of hydrogen-bond acceptors (Lipinski definition) is 4. The first-order chi connectivity index (χ1) is 9.19. The highest BCUT2D eigenvalue weighted by molar-refractivity contribution is 7.17. The number of thiazole rings is 1. The molecule has 0 spiro atoms. The van der Waals surface area contributed by atoms with E-state index in [9.17, 15) is 4.79 Å². The summed E-state index contributed by atoms with van der Waals surface area (Å²) in [5.74, 6) is 1.01. The Labute approximate surface area is 120 Å². The number of aromatic nitrogens is 1. The summed E-state index contributed by atoms with van der Waals surface area (Å²) in [6.07, 6.45) is 5.05. The molecule has 19 heavy (non-hydrogen) atoms. The van der Waals surface area contributed by atoms with Crippen LogP contribution < -0.4 is 4.90 Å². The van der Waals surface area contributed by atoms with Crippen LogP contribution in [0.1, 0.15) is 61.8 Å². The van der Waals surface area contributed by atoms with Crippen LogP contribution >= 0.6 is 11.3 Å². The zero-order valence-electron chi connectivity index (χ0n) is 12.2. The monoisotopic (exact) mass is 280 g/mol. The second-order valence-electron chi connectivity index (χ2n) is 5.27. The Balaban J connectivity index is 2.17. The van der Waals surface area contributed by atoms with Gasteiger partial charge in [-0.05, 0) is 25.7 Å². The van der Waals surface area contributed by atoms with E-state index in [1.807, 2.05) is 0 Å². The number of rotatable bonds is 6. The highest BCUT2D eigenvalue weighted by Gasteiger charge is 2.24. The number of anilines is 1. The number of carbonyl (C=O) groups excluding carboxylic acids is 1. The molecule has 0 fully saturated rings. The summed E-state index contributed by atoms with van der Waals surface area (Å²) in [5, 5.41) is 1.05. The Morgan fingerprint density at radius 3 is 2.58 bits per heavy atom. The molecule has 0 aliphatic heterocycles. The SMILES string of the molecule is CCC(CC)CN(CC)c1nc2c(s1)C(=O)CCC2. The molecule has 1 heterocycles. The number of fused-ring (bicyclic) bond motifs is 1. The molecule has 2 rings (SSSR count). The minimum atomic E-state index is 0.295. The van der Waals surface area contributed by atoms with Gasteiger partial charge in [0.15, 0.2) is 10.9 Å². The van der Waals surface area contributed by atoms with Crippen molar-refractivity contribution in [1.29, 1.82) is 0 Å². The van der Waals surface area contributed by atoms with E-state index < -0.39 is 0 Å². The first kappa shape index (κ1) is 14.5. The van der Waals surface area contributed by atoms with Gasteiger partial charge in [-0.1, -0.05) is 38.0 Å². The second-order valence-corrected chi connectivity index (χ2v) is 6.25. The molecular weight excluding hydrogens is 256 g/mol. The minimum Gasteiger partial charge on any atom is -0.348 e. The third-order valence-electron chi connectivity index (χ3n) is 4.04. The molecule has 1 aliphatic rings. The normalized spacial score (nSPS) is 14.8. The number of hydrogen-bond donors (Lipinski definition) is 0. The van der Waals surface area contributed by atoms with E-state index in [1.165, 1.54) is 12.8 Å². The van der Waals surface area contributed by atoms with Crippen LogP contribution in [0.3, 0.4) is 0 Å². The Bertz CT molecular complexity index is 437. The quantitative estimate of drug-likeness (QED) is 0.791. The van der Waals surface area contributed by atoms with Crippen LogP contribution in [0.5, 0.6) is 0 Å². The first-order valence-electron chi connectivity index (χ1n) is 7.47. The summed E-state index contributed by atoms with van der Waals surface area (Å²) in [4.78, 5) is 19.9. The molecule has 0 radical (unpaired) electrons. The maximum atomic E-state index is 11.9. The topological polar surface area (TPSA) is 33.2 Å². The largest absolute Gasteiger partial charge is 0.348 e. The van der Waals surface area contributed by atoms with Gasteiger partial charge in [-0.15, -0.1) is 0 Å². The standard InChI is InChI=1S/C15H24N2OS/c1-4-11(5-2)10-17(6-3)15-16-12-8-7-9-13(18)14(12)19-15/h11H,4-10H2,1-3H3. The van der Waals surface area contributed by atoms with Crippen molar-refractivity contribution in [2.75, 3.05) is 18.0 Å². The van der Waals surface area contributed by atoms with Crippen LogP contribution in [0.25, 0.3) is 0 Å². The number of aryl methyl sites for hydroxylation is 1. The summed E-state index contributed by atoms with van der Waals surface area (Å²) in [6.45, 7) is 8.70. The van der Waals surface area contributed by atoms with Crippen LogP contribution in [0.15, 0.2) is 0 Å². The molecule has 0 bridgehead atoms. The summed E-state index contributed by atoms with van der Waals surface area (Å²) in [7, 11) is 0. The molecule has 1 aliphatic carbocycles.